The Hall–Kier alpha value is -3.07. The summed E-state index contributed by atoms with van der Waals surface area (Å²) in [5.74, 6) is 0.417. The van der Waals surface area contributed by atoms with E-state index in [0.717, 1.165) is 10.0 Å². The molecule has 0 fully saturated rings. The second kappa shape index (κ2) is 8.09. The number of likely N-dealkylation sites (N-methyl/N-ethyl adjacent to an activating group) is 1. The summed E-state index contributed by atoms with van der Waals surface area (Å²) >= 11 is 3.39. The molecule has 0 aliphatic carbocycles. The van der Waals surface area contributed by atoms with Gasteiger partial charge in [0.1, 0.15) is 0 Å². The smallest absolute Gasteiger partial charge is 0.273 e. The standard InChI is InChI=1S/C18H15BrN4O4/c1-22(17(24)10-12-5-2-3-8-15(12)23(25)26)11-16-20-18(21-27-16)13-6-4-7-14(19)9-13/h2-9H,10-11H2,1H3. The van der Waals surface area contributed by atoms with Crippen molar-refractivity contribution < 1.29 is 14.2 Å². The van der Waals surface area contributed by atoms with Gasteiger partial charge in [0.05, 0.1) is 17.9 Å². The molecule has 1 aromatic heterocycles. The molecule has 0 atom stereocenters. The molecule has 1 amide bonds. The Kier molecular flexibility index (Phi) is 5.60. The van der Waals surface area contributed by atoms with Gasteiger partial charge in [-0.2, -0.15) is 4.98 Å². The van der Waals surface area contributed by atoms with Gasteiger partial charge in [-0.05, 0) is 12.1 Å². The van der Waals surface area contributed by atoms with Crippen LogP contribution in [0.3, 0.4) is 0 Å². The molecule has 27 heavy (non-hydrogen) atoms. The van der Waals surface area contributed by atoms with Crippen molar-refractivity contribution in [2.24, 2.45) is 0 Å². The van der Waals surface area contributed by atoms with E-state index in [9.17, 15) is 14.9 Å². The third kappa shape index (κ3) is 4.56. The van der Waals surface area contributed by atoms with Crippen molar-refractivity contribution in [2.45, 2.75) is 13.0 Å². The highest BCUT2D eigenvalue weighted by Gasteiger charge is 2.19. The highest BCUT2D eigenvalue weighted by Crippen LogP contribution is 2.21. The largest absolute Gasteiger partial charge is 0.337 e. The molecule has 1 heterocycles. The maximum atomic E-state index is 12.4. The second-order valence-corrected chi connectivity index (χ2v) is 6.75. The number of amides is 1. The van der Waals surface area contributed by atoms with Gasteiger partial charge < -0.3 is 9.42 Å². The molecule has 0 aliphatic heterocycles. The average Bonchev–Trinajstić information content (AvgIpc) is 3.10. The van der Waals surface area contributed by atoms with Gasteiger partial charge in [-0.1, -0.05) is 51.4 Å². The van der Waals surface area contributed by atoms with E-state index >= 15 is 0 Å². The number of hydrogen-bond donors (Lipinski definition) is 0. The van der Waals surface area contributed by atoms with Crippen LogP contribution in [0.15, 0.2) is 57.5 Å². The molecule has 9 heteroatoms. The van der Waals surface area contributed by atoms with E-state index in [1.165, 1.54) is 11.0 Å². The molecule has 2 aromatic carbocycles. The van der Waals surface area contributed by atoms with Crippen LogP contribution < -0.4 is 0 Å². The first-order valence-electron chi connectivity index (χ1n) is 7.99. The first kappa shape index (κ1) is 18.7. The number of aromatic nitrogens is 2. The van der Waals surface area contributed by atoms with Crippen molar-refractivity contribution in [1.29, 1.82) is 0 Å². The number of nitro benzene ring substituents is 1. The molecular weight excluding hydrogens is 416 g/mol. The summed E-state index contributed by atoms with van der Waals surface area (Å²) in [7, 11) is 1.58. The molecule has 0 saturated heterocycles. The van der Waals surface area contributed by atoms with Crippen molar-refractivity contribution in [3.05, 3.63) is 74.6 Å². The van der Waals surface area contributed by atoms with E-state index in [2.05, 4.69) is 26.1 Å². The lowest BCUT2D eigenvalue weighted by Gasteiger charge is -2.14. The van der Waals surface area contributed by atoms with Gasteiger partial charge in [0, 0.05) is 28.7 Å². The molecule has 0 saturated carbocycles. The van der Waals surface area contributed by atoms with Crippen molar-refractivity contribution >= 4 is 27.5 Å². The molecular formula is C18H15BrN4O4. The second-order valence-electron chi connectivity index (χ2n) is 5.83. The lowest BCUT2D eigenvalue weighted by Crippen LogP contribution is -2.28. The third-order valence-corrected chi connectivity index (χ3v) is 4.37. The fourth-order valence-electron chi connectivity index (χ4n) is 2.49. The van der Waals surface area contributed by atoms with Crippen LogP contribution in [0.2, 0.25) is 0 Å². The molecule has 0 aliphatic rings. The number of nitro groups is 1. The van der Waals surface area contributed by atoms with Crippen LogP contribution in [0.1, 0.15) is 11.5 Å². The number of benzene rings is 2. The Labute approximate surface area is 163 Å². The molecule has 0 radical (unpaired) electrons. The minimum atomic E-state index is -0.495. The maximum Gasteiger partial charge on any atom is 0.273 e. The van der Waals surface area contributed by atoms with Crippen LogP contribution in [-0.4, -0.2) is 32.9 Å². The zero-order valence-corrected chi connectivity index (χ0v) is 15.9. The quantitative estimate of drug-likeness (QED) is 0.437. The molecule has 3 aromatic rings. The summed E-state index contributed by atoms with van der Waals surface area (Å²) < 4.78 is 6.11. The Morgan fingerprint density at radius 1 is 1.26 bits per heavy atom. The normalized spacial score (nSPS) is 10.6. The van der Waals surface area contributed by atoms with Gasteiger partial charge in [-0.15, -0.1) is 0 Å². The molecule has 0 unspecified atom stereocenters. The first-order chi connectivity index (χ1) is 12.9. The SMILES string of the molecule is CN(Cc1nc(-c2cccc(Br)c2)no1)C(=O)Cc1ccccc1[N+](=O)[O-]. The topological polar surface area (TPSA) is 102 Å². The van der Waals surface area contributed by atoms with Crippen LogP contribution in [0.4, 0.5) is 5.69 Å². The monoisotopic (exact) mass is 430 g/mol. The van der Waals surface area contributed by atoms with Gasteiger partial charge in [-0.25, -0.2) is 0 Å². The number of carbonyl (C=O) groups excluding carboxylic acids is 1. The molecule has 138 valence electrons. The predicted molar refractivity (Wildman–Crippen MR) is 101 cm³/mol. The molecule has 0 spiro atoms. The lowest BCUT2D eigenvalue weighted by atomic mass is 10.1. The third-order valence-electron chi connectivity index (χ3n) is 3.88. The van der Waals surface area contributed by atoms with Crippen LogP contribution in [0.5, 0.6) is 0 Å². The fraction of sp³-hybridized carbons (Fsp3) is 0.167. The van der Waals surface area contributed by atoms with Gasteiger partial charge in [0.25, 0.3) is 5.69 Å². The Morgan fingerprint density at radius 3 is 2.78 bits per heavy atom. The molecule has 3 rings (SSSR count). The summed E-state index contributed by atoms with van der Waals surface area (Å²) in [6.45, 7) is 0.112. The summed E-state index contributed by atoms with van der Waals surface area (Å²) in [4.78, 5) is 28.7. The van der Waals surface area contributed by atoms with Crippen molar-refractivity contribution in [2.75, 3.05) is 7.05 Å². The Balaban J connectivity index is 1.68. The Bertz CT molecular complexity index is 989. The van der Waals surface area contributed by atoms with Crippen LogP contribution in [0, 0.1) is 10.1 Å². The molecule has 8 nitrogen and oxygen atoms in total. The Morgan fingerprint density at radius 2 is 2.04 bits per heavy atom. The number of rotatable bonds is 6. The van der Waals surface area contributed by atoms with Crippen molar-refractivity contribution in [3.63, 3.8) is 0 Å². The van der Waals surface area contributed by atoms with E-state index < -0.39 is 4.92 Å². The minimum absolute atomic E-state index is 0.0750. The number of halogens is 1. The molecule has 0 bridgehead atoms. The molecule has 0 N–H and O–H groups in total. The number of carbonyl (C=O) groups is 1. The first-order valence-corrected chi connectivity index (χ1v) is 8.78. The summed E-state index contributed by atoms with van der Waals surface area (Å²) in [6.07, 6.45) is -0.0831. The van der Waals surface area contributed by atoms with Gasteiger partial charge in [0.2, 0.25) is 17.6 Å². The maximum absolute atomic E-state index is 12.4. The number of para-hydroxylation sites is 1. The highest BCUT2D eigenvalue weighted by molar-refractivity contribution is 9.10. The van der Waals surface area contributed by atoms with Crippen molar-refractivity contribution in [3.8, 4) is 11.4 Å². The summed E-state index contributed by atoms with van der Waals surface area (Å²) in [5.41, 5.74) is 1.07. The van der Waals surface area contributed by atoms with Crippen molar-refractivity contribution in [1.82, 2.24) is 15.0 Å². The number of hydrogen-bond acceptors (Lipinski definition) is 6. The van der Waals surface area contributed by atoms with Gasteiger partial charge >= 0.3 is 0 Å². The zero-order chi connectivity index (χ0) is 19.4. The average molecular weight is 431 g/mol. The highest BCUT2D eigenvalue weighted by atomic mass is 79.9. The van der Waals surface area contributed by atoms with Gasteiger partial charge in [0.15, 0.2) is 0 Å². The number of nitrogens with zero attached hydrogens (tertiary/aromatic N) is 4. The van der Waals surface area contributed by atoms with Crippen LogP contribution in [-0.2, 0) is 17.8 Å². The summed E-state index contributed by atoms with van der Waals surface area (Å²) in [5, 5.41) is 15.0. The van der Waals surface area contributed by atoms with Crippen LogP contribution >= 0.6 is 15.9 Å². The zero-order valence-electron chi connectivity index (χ0n) is 14.3. The minimum Gasteiger partial charge on any atom is -0.337 e. The van der Waals surface area contributed by atoms with Gasteiger partial charge in [-0.3, -0.25) is 14.9 Å². The van der Waals surface area contributed by atoms with E-state index in [1.54, 1.807) is 25.2 Å². The van der Waals surface area contributed by atoms with Crippen LogP contribution in [0.25, 0.3) is 11.4 Å². The lowest BCUT2D eigenvalue weighted by molar-refractivity contribution is -0.385. The summed E-state index contributed by atoms with van der Waals surface area (Å²) in [6, 6.07) is 13.6. The van der Waals surface area contributed by atoms with E-state index in [-0.39, 0.29) is 30.5 Å². The van der Waals surface area contributed by atoms with E-state index in [0.29, 0.717) is 11.4 Å². The predicted octanol–water partition coefficient (Wildman–Crippen LogP) is 3.61. The van der Waals surface area contributed by atoms with E-state index in [1.807, 2.05) is 24.3 Å². The van der Waals surface area contributed by atoms with E-state index in [4.69, 9.17) is 4.52 Å². The fourth-order valence-corrected chi connectivity index (χ4v) is 2.89.